The zero-order valence-electron chi connectivity index (χ0n) is 10.9. The van der Waals surface area contributed by atoms with Gasteiger partial charge in [-0.3, -0.25) is 4.79 Å². The first kappa shape index (κ1) is 13.1. The second kappa shape index (κ2) is 5.56. The van der Waals surface area contributed by atoms with Gasteiger partial charge in [0.15, 0.2) is 0 Å². The lowest BCUT2D eigenvalue weighted by Gasteiger charge is -2.06. The Labute approximate surface area is 110 Å². The van der Waals surface area contributed by atoms with Gasteiger partial charge in [0.1, 0.15) is 11.6 Å². The van der Waals surface area contributed by atoms with Gasteiger partial charge in [-0.15, -0.1) is 0 Å². The molecule has 0 aliphatic heterocycles. The number of hydrogen-bond donors (Lipinski definition) is 2. The third-order valence-corrected chi connectivity index (χ3v) is 2.90. The normalized spacial score (nSPS) is 10.4. The van der Waals surface area contributed by atoms with Crippen LogP contribution >= 0.6 is 0 Å². The number of aromatic nitrogens is 2. The minimum absolute atomic E-state index is 0.191. The Balaban J connectivity index is 2.31. The highest BCUT2D eigenvalue weighted by Gasteiger charge is 2.09. The van der Waals surface area contributed by atoms with E-state index in [1.807, 2.05) is 24.3 Å². The van der Waals surface area contributed by atoms with Crippen molar-refractivity contribution in [3.63, 3.8) is 0 Å². The Morgan fingerprint density at radius 1 is 1.42 bits per heavy atom. The van der Waals surface area contributed by atoms with Gasteiger partial charge in [0, 0.05) is 6.42 Å². The van der Waals surface area contributed by atoms with E-state index in [1.165, 1.54) is 0 Å². The van der Waals surface area contributed by atoms with Gasteiger partial charge in [0.25, 0.3) is 5.56 Å². The fourth-order valence-corrected chi connectivity index (χ4v) is 1.91. The molecule has 0 unspecified atom stereocenters. The molecule has 0 saturated carbocycles. The van der Waals surface area contributed by atoms with E-state index in [-0.39, 0.29) is 11.4 Å². The average Bonchev–Trinajstić information content (AvgIpc) is 2.38. The highest BCUT2D eigenvalue weighted by Crippen LogP contribution is 2.16. The fraction of sp³-hybridized carbons (Fsp3) is 0.286. The Hall–Kier alpha value is -2.30. The molecule has 1 aromatic heterocycles. The van der Waals surface area contributed by atoms with Crippen molar-refractivity contribution in [1.82, 2.24) is 9.97 Å². The zero-order chi connectivity index (χ0) is 13.8. The lowest BCUT2D eigenvalue weighted by molar-refractivity contribution is 0.414. The van der Waals surface area contributed by atoms with Crippen molar-refractivity contribution in [2.75, 3.05) is 7.11 Å². The van der Waals surface area contributed by atoms with Gasteiger partial charge >= 0.3 is 0 Å². The van der Waals surface area contributed by atoms with Gasteiger partial charge in [-0.2, -0.15) is 4.98 Å². The second-order valence-corrected chi connectivity index (χ2v) is 4.20. The topological polar surface area (TPSA) is 75.2 Å². The molecule has 100 valence electrons. The molecule has 0 amide bonds. The summed E-state index contributed by atoms with van der Waals surface area (Å²) in [6.07, 6.45) is 0.887. The molecule has 19 heavy (non-hydrogen) atoms. The van der Waals surface area contributed by atoms with Gasteiger partial charge in [0.05, 0.1) is 12.7 Å². The Kier molecular flexibility index (Phi) is 3.85. The zero-order valence-corrected chi connectivity index (χ0v) is 10.9. The third-order valence-electron chi connectivity index (χ3n) is 2.90. The molecule has 2 rings (SSSR count). The molecule has 0 fully saturated rings. The number of ether oxygens (including phenoxy) is 1. The lowest BCUT2D eigenvalue weighted by atomic mass is 10.1. The number of nitrogens with zero attached hydrogens (tertiary/aromatic N) is 1. The van der Waals surface area contributed by atoms with E-state index in [2.05, 4.69) is 9.97 Å². The first-order valence-corrected chi connectivity index (χ1v) is 6.08. The van der Waals surface area contributed by atoms with Gasteiger partial charge in [-0.05, 0) is 24.1 Å². The molecule has 0 spiro atoms. The molecule has 1 aromatic carbocycles. The van der Waals surface area contributed by atoms with Crippen LogP contribution in [0.1, 0.15) is 23.9 Å². The molecule has 0 radical (unpaired) electrons. The molecule has 0 aliphatic carbocycles. The van der Waals surface area contributed by atoms with Crippen LogP contribution in [-0.4, -0.2) is 22.2 Å². The summed E-state index contributed by atoms with van der Waals surface area (Å²) in [6, 6.07) is 7.49. The minimum Gasteiger partial charge on any atom is -0.497 e. The predicted molar refractivity (Wildman–Crippen MR) is 71.7 cm³/mol. The summed E-state index contributed by atoms with van der Waals surface area (Å²) in [6.45, 7) is 1.80. The molecule has 5 heteroatoms. The second-order valence-electron chi connectivity index (χ2n) is 4.20. The van der Waals surface area contributed by atoms with E-state index >= 15 is 0 Å². The van der Waals surface area contributed by atoms with Crippen LogP contribution in [0, 0.1) is 0 Å². The highest BCUT2D eigenvalue weighted by atomic mass is 16.5. The van der Waals surface area contributed by atoms with Crippen molar-refractivity contribution in [3.8, 4) is 11.6 Å². The molecule has 1 heterocycles. The molecule has 2 N–H and O–H groups in total. The lowest BCUT2D eigenvalue weighted by Crippen LogP contribution is -2.16. The maximum atomic E-state index is 11.7. The molecule has 2 aromatic rings. The molecule has 0 bridgehead atoms. The van der Waals surface area contributed by atoms with E-state index < -0.39 is 0 Å². The smallest absolute Gasteiger partial charge is 0.257 e. The van der Waals surface area contributed by atoms with Gasteiger partial charge in [0.2, 0.25) is 5.88 Å². The van der Waals surface area contributed by atoms with Crippen LogP contribution in [-0.2, 0) is 12.8 Å². The van der Waals surface area contributed by atoms with Gasteiger partial charge in [-0.1, -0.05) is 19.1 Å². The number of H-pyrrole nitrogens is 1. The van der Waals surface area contributed by atoms with Crippen LogP contribution in [0.15, 0.2) is 29.1 Å². The molecular weight excluding hydrogens is 244 g/mol. The van der Waals surface area contributed by atoms with Gasteiger partial charge in [-0.25, -0.2) is 0 Å². The van der Waals surface area contributed by atoms with E-state index in [4.69, 9.17) is 4.74 Å². The number of aromatic amines is 1. The third kappa shape index (κ3) is 2.93. The monoisotopic (exact) mass is 260 g/mol. The Morgan fingerprint density at radius 2 is 2.21 bits per heavy atom. The molecular formula is C14H16N2O3. The van der Waals surface area contributed by atoms with Crippen LogP contribution in [0.25, 0.3) is 0 Å². The standard InChI is InChI=1S/C14H16N2O3/c1-3-11-13(17)15-12(16-14(11)18)8-9-5-4-6-10(7-9)19-2/h4-7H,3,8H2,1-2H3,(H2,15,16,17,18). The van der Waals surface area contributed by atoms with Crippen LogP contribution < -0.4 is 10.3 Å². The van der Waals surface area contributed by atoms with Crippen molar-refractivity contribution in [2.24, 2.45) is 0 Å². The first-order chi connectivity index (χ1) is 9.13. The van der Waals surface area contributed by atoms with Crippen molar-refractivity contribution < 1.29 is 9.84 Å². The summed E-state index contributed by atoms with van der Waals surface area (Å²) in [5.74, 6) is 0.992. The maximum Gasteiger partial charge on any atom is 0.257 e. The van der Waals surface area contributed by atoms with Crippen molar-refractivity contribution in [2.45, 2.75) is 19.8 Å². The quantitative estimate of drug-likeness (QED) is 0.876. The maximum absolute atomic E-state index is 11.7. The number of methoxy groups -OCH3 is 1. The summed E-state index contributed by atoms with van der Waals surface area (Å²) in [5.41, 5.74) is 0.980. The summed E-state index contributed by atoms with van der Waals surface area (Å²) in [5, 5.41) is 9.70. The molecule has 0 atom stereocenters. The van der Waals surface area contributed by atoms with Crippen LogP contribution in [0.2, 0.25) is 0 Å². The van der Waals surface area contributed by atoms with Crippen molar-refractivity contribution >= 4 is 0 Å². The number of nitrogens with one attached hydrogen (secondary N) is 1. The van der Waals surface area contributed by atoms with Crippen LogP contribution in [0.3, 0.4) is 0 Å². The van der Waals surface area contributed by atoms with E-state index in [0.717, 1.165) is 11.3 Å². The minimum atomic E-state index is -0.284. The van der Waals surface area contributed by atoms with E-state index in [9.17, 15) is 9.90 Å². The number of hydrogen-bond acceptors (Lipinski definition) is 4. The van der Waals surface area contributed by atoms with Gasteiger partial charge < -0.3 is 14.8 Å². The molecule has 0 saturated heterocycles. The fourth-order valence-electron chi connectivity index (χ4n) is 1.91. The highest BCUT2D eigenvalue weighted by molar-refractivity contribution is 5.31. The molecule has 5 nitrogen and oxygen atoms in total. The van der Waals surface area contributed by atoms with Crippen molar-refractivity contribution in [3.05, 3.63) is 51.6 Å². The number of rotatable bonds is 4. The summed E-state index contributed by atoms with van der Waals surface area (Å²) in [4.78, 5) is 18.4. The summed E-state index contributed by atoms with van der Waals surface area (Å²) >= 11 is 0. The SMILES string of the molecule is CCc1c(O)nc(Cc2cccc(OC)c2)[nH]c1=O. The Bertz CT molecular complexity index is 635. The number of aromatic hydroxyl groups is 1. The van der Waals surface area contributed by atoms with E-state index in [1.54, 1.807) is 14.0 Å². The number of benzene rings is 1. The van der Waals surface area contributed by atoms with E-state index in [0.29, 0.717) is 24.2 Å². The van der Waals surface area contributed by atoms with Crippen LogP contribution in [0.4, 0.5) is 0 Å². The predicted octanol–water partition coefficient (Wildman–Crippen LogP) is 1.64. The Morgan fingerprint density at radius 3 is 2.84 bits per heavy atom. The summed E-state index contributed by atoms with van der Waals surface area (Å²) < 4.78 is 5.13. The summed E-state index contributed by atoms with van der Waals surface area (Å²) in [7, 11) is 1.60. The average molecular weight is 260 g/mol. The first-order valence-electron chi connectivity index (χ1n) is 6.08. The van der Waals surface area contributed by atoms with Crippen LogP contribution in [0.5, 0.6) is 11.6 Å². The van der Waals surface area contributed by atoms with Crippen molar-refractivity contribution in [1.29, 1.82) is 0 Å². The molecule has 0 aliphatic rings. The largest absolute Gasteiger partial charge is 0.497 e.